The highest BCUT2D eigenvalue weighted by atomic mass is 32.2. The molecule has 1 amide bonds. The second kappa shape index (κ2) is 8.81. The molecule has 3 aromatic rings. The van der Waals surface area contributed by atoms with Gasteiger partial charge in [0.15, 0.2) is 0 Å². The van der Waals surface area contributed by atoms with Crippen LogP contribution in [0.5, 0.6) is 5.75 Å². The van der Waals surface area contributed by atoms with Crippen molar-refractivity contribution in [3.8, 4) is 5.75 Å². The molecule has 1 atom stereocenters. The zero-order chi connectivity index (χ0) is 21.8. The van der Waals surface area contributed by atoms with Crippen molar-refractivity contribution in [2.45, 2.75) is 18.2 Å². The normalized spacial score (nSPS) is 15.5. The summed E-state index contributed by atoms with van der Waals surface area (Å²) in [5.74, 6) is 0.740. The Kier molecular flexibility index (Phi) is 5.95. The summed E-state index contributed by atoms with van der Waals surface area (Å²) >= 11 is 0. The molecule has 2 N–H and O–H groups in total. The number of nitrogens with one attached hydrogen (secondary N) is 2. The highest BCUT2D eigenvalue weighted by Gasteiger charge is 2.21. The number of aryl methyl sites for hydroxylation is 1. The predicted molar refractivity (Wildman–Crippen MR) is 120 cm³/mol. The van der Waals surface area contributed by atoms with E-state index in [1.165, 1.54) is 12.1 Å². The molecule has 6 nitrogen and oxygen atoms in total. The first-order chi connectivity index (χ1) is 14.9. The van der Waals surface area contributed by atoms with E-state index in [1.807, 2.05) is 43.3 Å². The Morgan fingerprint density at radius 2 is 1.81 bits per heavy atom. The average molecular weight is 437 g/mol. The first kappa shape index (κ1) is 20.9. The maximum atomic E-state index is 12.7. The quantitative estimate of drug-likeness (QED) is 0.616. The summed E-state index contributed by atoms with van der Waals surface area (Å²) in [6.45, 7) is 2.91. The molecule has 1 heterocycles. The summed E-state index contributed by atoms with van der Waals surface area (Å²) in [6.07, 6.45) is 0.825. The molecule has 1 aliphatic heterocycles. The Hall–Kier alpha value is -3.32. The Bertz CT molecular complexity index is 1190. The molecule has 0 saturated carbocycles. The minimum atomic E-state index is -3.80. The lowest BCUT2D eigenvalue weighted by molar-refractivity contribution is 0.0939. The van der Waals surface area contributed by atoms with Crippen molar-refractivity contribution in [2.24, 2.45) is 5.92 Å². The lowest BCUT2D eigenvalue weighted by Gasteiger charge is -2.25. The van der Waals surface area contributed by atoms with Crippen LogP contribution in [-0.4, -0.2) is 27.5 Å². The molecular weight excluding hydrogens is 412 g/mol. The lowest BCUT2D eigenvalue weighted by atomic mass is 9.96. The Labute approximate surface area is 182 Å². The van der Waals surface area contributed by atoms with E-state index >= 15 is 0 Å². The molecule has 160 valence electrons. The largest absolute Gasteiger partial charge is 0.493 e. The van der Waals surface area contributed by atoms with Gasteiger partial charge in [0.05, 0.1) is 11.5 Å². The van der Waals surface area contributed by atoms with E-state index < -0.39 is 10.0 Å². The van der Waals surface area contributed by atoms with Gasteiger partial charge in [0.1, 0.15) is 5.75 Å². The number of benzene rings is 3. The van der Waals surface area contributed by atoms with Crippen molar-refractivity contribution in [3.05, 3.63) is 89.5 Å². The fraction of sp³-hybridized carbons (Fsp3) is 0.208. The number of anilines is 1. The maximum Gasteiger partial charge on any atom is 0.261 e. The lowest BCUT2D eigenvalue weighted by Crippen LogP contribution is -2.34. The highest BCUT2D eigenvalue weighted by Crippen LogP contribution is 2.26. The fourth-order valence-electron chi connectivity index (χ4n) is 3.50. The van der Waals surface area contributed by atoms with E-state index in [0.29, 0.717) is 24.4 Å². The fourth-order valence-corrected chi connectivity index (χ4v) is 4.61. The first-order valence-corrected chi connectivity index (χ1v) is 11.6. The second-order valence-electron chi connectivity index (χ2n) is 7.70. The van der Waals surface area contributed by atoms with Crippen LogP contribution in [0.4, 0.5) is 5.69 Å². The van der Waals surface area contributed by atoms with Crippen molar-refractivity contribution in [1.29, 1.82) is 0 Å². The molecule has 0 aliphatic carbocycles. The first-order valence-electron chi connectivity index (χ1n) is 10.1. The second-order valence-corrected chi connectivity index (χ2v) is 9.38. The van der Waals surface area contributed by atoms with Gasteiger partial charge in [0.25, 0.3) is 15.9 Å². The van der Waals surface area contributed by atoms with Gasteiger partial charge in [0, 0.05) is 23.7 Å². The van der Waals surface area contributed by atoms with Gasteiger partial charge in [-0.15, -0.1) is 0 Å². The summed E-state index contributed by atoms with van der Waals surface area (Å²) in [4.78, 5) is 12.7. The van der Waals surface area contributed by atoms with Gasteiger partial charge in [-0.25, -0.2) is 8.42 Å². The van der Waals surface area contributed by atoms with Gasteiger partial charge in [0.2, 0.25) is 0 Å². The van der Waals surface area contributed by atoms with Crippen LogP contribution in [0, 0.1) is 12.8 Å². The van der Waals surface area contributed by atoms with Gasteiger partial charge in [-0.1, -0.05) is 42.0 Å². The van der Waals surface area contributed by atoms with Gasteiger partial charge >= 0.3 is 0 Å². The third-order valence-electron chi connectivity index (χ3n) is 5.22. The number of fused-ring (bicyclic) bond motifs is 1. The van der Waals surface area contributed by atoms with Crippen molar-refractivity contribution in [3.63, 3.8) is 0 Å². The molecule has 0 spiro atoms. The maximum absolute atomic E-state index is 12.7. The predicted octanol–water partition coefficient (Wildman–Crippen LogP) is 3.78. The number of hydrogen-bond acceptors (Lipinski definition) is 4. The molecule has 1 unspecified atom stereocenters. The molecule has 1 aliphatic rings. The number of sulfonamides is 1. The standard InChI is InChI=1S/C24H24N2O4S/c1-17-9-11-21(12-10-17)26-31(28,29)22-7-4-6-20(14-22)24(27)25-15-18-13-19-5-2-3-8-23(19)30-16-18/h2-12,14,18,26H,13,15-16H2,1H3,(H,25,27). The molecule has 0 saturated heterocycles. The summed E-state index contributed by atoms with van der Waals surface area (Å²) in [6, 6.07) is 21.0. The number of carbonyl (C=O) groups is 1. The number of hydrogen-bond donors (Lipinski definition) is 2. The summed E-state index contributed by atoms with van der Waals surface area (Å²) in [5.41, 5.74) is 2.93. The third-order valence-corrected chi connectivity index (χ3v) is 6.60. The Morgan fingerprint density at radius 1 is 1.03 bits per heavy atom. The molecule has 4 rings (SSSR count). The van der Waals surface area contributed by atoms with E-state index in [1.54, 1.807) is 24.3 Å². The number of rotatable bonds is 6. The van der Waals surface area contributed by atoms with E-state index in [9.17, 15) is 13.2 Å². The van der Waals surface area contributed by atoms with Crippen LogP contribution in [-0.2, 0) is 16.4 Å². The van der Waals surface area contributed by atoms with Crippen LogP contribution in [0.3, 0.4) is 0 Å². The minimum Gasteiger partial charge on any atom is -0.493 e. The minimum absolute atomic E-state index is 0.0376. The monoisotopic (exact) mass is 436 g/mol. The molecule has 0 bridgehead atoms. The smallest absolute Gasteiger partial charge is 0.261 e. The molecule has 0 aromatic heterocycles. The van der Waals surface area contributed by atoms with Crippen LogP contribution in [0.2, 0.25) is 0 Å². The van der Waals surface area contributed by atoms with Crippen LogP contribution in [0.1, 0.15) is 21.5 Å². The van der Waals surface area contributed by atoms with Gasteiger partial charge in [-0.05, 0) is 55.3 Å². The Morgan fingerprint density at radius 3 is 2.61 bits per heavy atom. The van der Waals surface area contributed by atoms with Crippen LogP contribution < -0.4 is 14.8 Å². The van der Waals surface area contributed by atoms with Crippen molar-refractivity contribution < 1.29 is 17.9 Å². The molecular formula is C24H24N2O4S. The van der Waals surface area contributed by atoms with Crippen molar-refractivity contribution in [1.82, 2.24) is 5.32 Å². The summed E-state index contributed by atoms with van der Waals surface area (Å²) < 4.78 is 33.8. The van der Waals surface area contributed by atoms with E-state index in [4.69, 9.17) is 4.74 Å². The Balaban J connectivity index is 1.40. The van der Waals surface area contributed by atoms with E-state index in [2.05, 4.69) is 10.0 Å². The van der Waals surface area contributed by atoms with Crippen molar-refractivity contribution >= 4 is 21.6 Å². The zero-order valence-electron chi connectivity index (χ0n) is 17.2. The molecule has 7 heteroatoms. The topological polar surface area (TPSA) is 84.5 Å². The van der Waals surface area contributed by atoms with Crippen molar-refractivity contribution in [2.75, 3.05) is 17.9 Å². The van der Waals surface area contributed by atoms with E-state index in [0.717, 1.165) is 23.3 Å². The molecule has 31 heavy (non-hydrogen) atoms. The number of para-hydroxylation sites is 1. The molecule has 0 fully saturated rings. The summed E-state index contributed by atoms with van der Waals surface area (Å²) in [5, 5.41) is 2.90. The SMILES string of the molecule is Cc1ccc(NS(=O)(=O)c2cccc(C(=O)NCC3COc4ccccc4C3)c2)cc1. The van der Waals surface area contributed by atoms with Gasteiger partial charge in [-0.2, -0.15) is 0 Å². The third kappa shape index (κ3) is 5.06. The van der Waals surface area contributed by atoms with Crippen LogP contribution >= 0.6 is 0 Å². The average Bonchev–Trinajstić information content (AvgIpc) is 2.79. The van der Waals surface area contributed by atoms with Crippen LogP contribution in [0.25, 0.3) is 0 Å². The van der Waals surface area contributed by atoms with E-state index in [-0.39, 0.29) is 16.7 Å². The highest BCUT2D eigenvalue weighted by molar-refractivity contribution is 7.92. The van der Waals surface area contributed by atoms with Gasteiger partial charge in [-0.3, -0.25) is 9.52 Å². The van der Waals surface area contributed by atoms with Crippen LogP contribution in [0.15, 0.2) is 77.7 Å². The zero-order valence-corrected chi connectivity index (χ0v) is 18.0. The summed E-state index contributed by atoms with van der Waals surface area (Å²) in [7, 11) is -3.80. The number of ether oxygens (including phenoxy) is 1. The molecule has 3 aromatic carbocycles. The van der Waals surface area contributed by atoms with Gasteiger partial charge < -0.3 is 10.1 Å². The molecule has 0 radical (unpaired) electrons. The number of carbonyl (C=O) groups excluding carboxylic acids is 1. The number of amides is 1.